The number of Topliss-reactive ketones (excluding diaryl/α,β-unsaturated/α-hetero) is 1. The molecular formula is C8H14O3. The minimum atomic E-state index is -0.616. The van der Waals surface area contributed by atoms with Gasteiger partial charge < -0.3 is 9.47 Å². The fourth-order valence-corrected chi connectivity index (χ4v) is 1.36. The first kappa shape index (κ1) is 8.68. The fraction of sp³-hybridized carbons (Fsp3) is 0.875. The van der Waals surface area contributed by atoms with Gasteiger partial charge in [0, 0.05) is 13.0 Å². The standard InChI is InChI=1S/C8H14O3/c1-4-6-5(2)7(9)8(10-3)11-6/h5-6,8H,4H2,1-3H3/t5-,6+,8+/m0/s1. The second kappa shape index (κ2) is 3.32. The predicted molar refractivity (Wildman–Crippen MR) is 40.1 cm³/mol. The molecule has 0 N–H and O–H groups in total. The van der Waals surface area contributed by atoms with Gasteiger partial charge in [-0.3, -0.25) is 4.79 Å². The molecule has 1 saturated heterocycles. The van der Waals surface area contributed by atoms with E-state index in [1.807, 2.05) is 13.8 Å². The van der Waals surface area contributed by atoms with Crippen LogP contribution in [0.4, 0.5) is 0 Å². The molecule has 0 aliphatic carbocycles. The Balaban J connectivity index is 2.61. The van der Waals surface area contributed by atoms with Gasteiger partial charge >= 0.3 is 0 Å². The smallest absolute Gasteiger partial charge is 0.218 e. The number of methoxy groups -OCH3 is 1. The molecule has 0 spiro atoms. The van der Waals surface area contributed by atoms with E-state index in [0.29, 0.717) is 0 Å². The maximum atomic E-state index is 11.3. The van der Waals surface area contributed by atoms with Gasteiger partial charge in [0.05, 0.1) is 6.10 Å². The number of carbonyl (C=O) groups excluding carboxylic acids is 1. The average molecular weight is 158 g/mol. The first-order valence-electron chi connectivity index (χ1n) is 3.92. The quantitative estimate of drug-likeness (QED) is 0.600. The first-order chi connectivity index (χ1) is 5.20. The molecule has 3 atom stereocenters. The molecule has 1 fully saturated rings. The maximum absolute atomic E-state index is 11.3. The van der Waals surface area contributed by atoms with E-state index >= 15 is 0 Å². The van der Waals surface area contributed by atoms with E-state index in [1.54, 1.807) is 0 Å². The molecule has 11 heavy (non-hydrogen) atoms. The van der Waals surface area contributed by atoms with Crippen LogP contribution in [0, 0.1) is 5.92 Å². The highest BCUT2D eigenvalue weighted by Crippen LogP contribution is 2.24. The van der Waals surface area contributed by atoms with Crippen molar-refractivity contribution < 1.29 is 14.3 Å². The van der Waals surface area contributed by atoms with Crippen molar-refractivity contribution in [3.05, 3.63) is 0 Å². The van der Waals surface area contributed by atoms with Crippen molar-refractivity contribution in [2.24, 2.45) is 5.92 Å². The molecule has 1 rings (SSSR count). The number of hydrogen-bond donors (Lipinski definition) is 0. The Hall–Kier alpha value is -0.410. The molecule has 0 radical (unpaired) electrons. The summed E-state index contributed by atoms with van der Waals surface area (Å²) >= 11 is 0. The van der Waals surface area contributed by atoms with Crippen LogP contribution in [-0.2, 0) is 14.3 Å². The topological polar surface area (TPSA) is 35.5 Å². The van der Waals surface area contributed by atoms with Crippen molar-refractivity contribution >= 4 is 5.78 Å². The third kappa shape index (κ3) is 1.44. The van der Waals surface area contributed by atoms with Crippen molar-refractivity contribution in [2.45, 2.75) is 32.7 Å². The Morgan fingerprint density at radius 1 is 1.64 bits per heavy atom. The monoisotopic (exact) mass is 158 g/mol. The zero-order valence-electron chi connectivity index (χ0n) is 7.16. The Labute approximate surface area is 66.7 Å². The molecule has 0 aromatic carbocycles. The average Bonchev–Trinajstić information content (AvgIpc) is 2.30. The van der Waals surface area contributed by atoms with E-state index < -0.39 is 6.29 Å². The van der Waals surface area contributed by atoms with Crippen molar-refractivity contribution in [3.63, 3.8) is 0 Å². The summed E-state index contributed by atoms with van der Waals surface area (Å²) in [7, 11) is 1.49. The molecule has 3 heteroatoms. The fourth-order valence-electron chi connectivity index (χ4n) is 1.36. The van der Waals surface area contributed by atoms with Gasteiger partial charge in [0.15, 0.2) is 5.78 Å². The molecule has 0 saturated carbocycles. The molecule has 0 amide bonds. The lowest BCUT2D eigenvalue weighted by molar-refractivity contribution is -0.150. The highest BCUT2D eigenvalue weighted by molar-refractivity contribution is 5.86. The molecule has 1 aliphatic heterocycles. The molecule has 0 unspecified atom stereocenters. The summed E-state index contributed by atoms with van der Waals surface area (Å²) in [5.41, 5.74) is 0. The van der Waals surface area contributed by atoms with Crippen LogP contribution >= 0.6 is 0 Å². The van der Waals surface area contributed by atoms with Crippen LogP contribution < -0.4 is 0 Å². The van der Waals surface area contributed by atoms with Crippen molar-refractivity contribution in [1.29, 1.82) is 0 Å². The van der Waals surface area contributed by atoms with Gasteiger partial charge in [-0.15, -0.1) is 0 Å². The van der Waals surface area contributed by atoms with E-state index in [4.69, 9.17) is 9.47 Å². The highest BCUT2D eigenvalue weighted by atomic mass is 16.7. The molecule has 1 aliphatic rings. The van der Waals surface area contributed by atoms with Crippen LogP contribution in [0.15, 0.2) is 0 Å². The van der Waals surface area contributed by atoms with E-state index in [0.717, 1.165) is 6.42 Å². The molecule has 0 aromatic heterocycles. The Morgan fingerprint density at radius 3 is 2.55 bits per heavy atom. The Kier molecular flexibility index (Phi) is 2.62. The highest BCUT2D eigenvalue weighted by Gasteiger charge is 2.39. The maximum Gasteiger partial charge on any atom is 0.218 e. The van der Waals surface area contributed by atoms with E-state index in [2.05, 4.69) is 0 Å². The van der Waals surface area contributed by atoms with Gasteiger partial charge in [-0.2, -0.15) is 0 Å². The van der Waals surface area contributed by atoms with Crippen LogP contribution in [0.3, 0.4) is 0 Å². The third-order valence-electron chi connectivity index (χ3n) is 2.15. The van der Waals surface area contributed by atoms with Crippen LogP contribution in [0.2, 0.25) is 0 Å². The first-order valence-corrected chi connectivity index (χ1v) is 3.92. The zero-order chi connectivity index (χ0) is 8.43. The van der Waals surface area contributed by atoms with Crippen LogP contribution in [0.1, 0.15) is 20.3 Å². The lowest BCUT2D eigenvalue weighted by Crippen LogP contribution is -2.20. The molecule has 64 valence electrons. The van der Waals surface area contributed by atoms with Crippen molar-refractivity contribution in [2.75, 3.05) is 7.11 Å². The van der Waals surface area contributed by atoms with E-state index in [9.17, 15) is 4.79 Å². The van der Waals surface area contributed by atoms with Gasteiger partial charge in [-0.05, 0) is 6.42 Å². The number of hydrogen-bond acceptors (Lipinski definition) is 3. The lowest BCUT2D eigenvalue weighted by atomic mass is 10.0. The number of ketones is 1. The summed E-state index contributed by atoms with van der Waals surface area (Å²) in [6.07, 6.45) is 0.301. The lowest BCUT2D eigenvalue weighted by Gasteiger charge is -2.09. The number of rotatable bonds is 2. The van der Waals surface area contributed by atoms with Crippen LogP contribution in [0.5, 0.6) is 0 Å². The van der Waals surface area contributed by atoms with Gasteiger partial charge in [0.1, 0.15) is 0 Å². The minimum absolute atomic E-state index is 0.00931. The Morgan fingerprint density at radius 2 is 2.27 bits per heavy atom. The predicted octanol–water partition coefficient (Wildman–Crippen LogP) is 0.973. The van der Waals surface area contributed by atoms with Gasteiger partial charge in [-0.1, -0.05) is 13.8 Å². The van der Waals surface area contributed by atoms with E-state index in [-0.39, 0.29) is 17.8 Å². The molecule has 0 bridgehead atoms. The summed E-state index contributed by atoms with van der Waals surface area (Å²) in [5.74, 6) is 0.0595. The number of ether oxygens (including phenoxy) is 2. The Bertz CT molecular complexity index is 151. The second-order valence-electron chi connectivity index (χ2n) is 2.84. The van der Waals surface area contributed by atoms with Crippen molar-refractivity contribution in [1.82, 2.24) is 0 Å². The summed E-state index contributed by atoms with van der Waals surface area (Å²) in [6.45, 7) is 3.89. The second-order valence-corrected chi connectivity index (χ2v) is 2.84. The molecule has 1 heterocycles. The third-order valence-corrected chi connectivity index (χ3v) is 2.15. The largest absolute Gasteiger partial charge is 0.349 e. The molecular weight excluding hydrogens is 144 g/mol. The number of carbonyl (C=O) groups is 1. The van der Waals surface area contributed by atoms with Crippen LogP contribution in [-0.4, -0.2) is 25.3 Å². The van der Waals surface area contributed by atoms with Gasteiger partial charge in [0.25, 0.3) is 0 Å². The summed E-state index contributed by atoms with van der Waals surface area (Å²) < 4.78 is 10.2. The van der Waals surface area contributed by atoms with Gasteiger partial charge in [-0.25, -0.2) is 0 Å². The summed E-state index contributed by atoms with van der Waals surface area (Å²) in [5, 5.41) is 0. The zero-order valence-corrected chi connectivity index (χ0v) is 7.16. The van der Waals surface area contributed by atoms with E-state index in [1.165, 1.54) is 7.11 Å². The van der Waals surface area contributed by atoms with Crippen LogP contribution in [0.25, 0.3) is 0 Å². The van der Waals surface area contributed by atoms with Crippen molar-refractivity contribution in [3.8, 4) is 0 Å². The summed E-state index contributed by atoms with van der Waals surface area (Å²) in [6, 6.07) is 0. The normalized spacial score (nSPS) is 38.1. The summed E-state index contributed by atoms with van der Waals surface area (Å²) in [4.78, 5) is 11.3. The SMILES string of the molecule is CC[C@H]1O[C@@H](OC)C(=O)[C@H]1C. The molecule has 0 aromatic rings. The molecule has 3 nitrogen and oxygen atoms in total. The minimum Gasteiger partial charge on any atom is -0.349 e. The van der Waals surface area contributed by atoms with Gasteiger partial charge in [0.2, 0.25) is 6.29 Å².